The number of hydrogen-bond donors (Lipinski definition) is 3. The summed E-state index contributed by atoms with van der Waals surface area (Å²) < 4.78 is 13.1. The minimum Gasteiger partial charge on any atom is -0.356 e. The Morgan fingerprint density at radius 1 is 1.25 bits per heavy atom. The van der Waals surface area contributed by atoms with Crippen molar-refractivity contribution >= 4 is 11.9 Å². The monoisotopic (exact) mass is 334 g/mol. The molecule has 1 saturated carbocycles. The van der Waals surface area contributed by atoms with Gasteiger partial charge in [-0.15, -0.1) is 0 Å². The van der Waals surface area contributed by atoms with Gasteiger partial charge >= 0.3 is 0 Å². The second kappa shape index (κ2) is 9.90. The Bertz CT molecular complexity index is 556. The van der Waals surface area contributed by atoms with E-state index < -0.39 is 0 Å². The topological polar surface area (TPSA) is 65.5 Å². The first kappa shape index (κ1) is 18.2. The zero-order chi connectivity index (χ0) is 17.2. The third-order valence-corrected chi connectivity index (χ3v) is 4.21. The van der Waals surface area contributed by atoms with Crippen LogP contribution in [0.1, 0.15) is 37.7 Å². The molecule has 2 rings (SSSR count). The minimum atomic E-state index is -0.227. The van der Waals surface area contributed by atoms with Gasteiger partial charge in [0.25, 0.3) is 0 Å². The summed E-state index contributed by atoms with van der Waals surface area (Å²) in [5.74, 6) is 0.342. The smallest absolute Gasteiger partial charge is 0.239 e. The van der Waals surface area contributed by atoms with Gasteiger partial charge in [0.2, 0.25) is 5.91 Å². The van der Waals surface area contributed by atoms with Crippen LogP contribution in [0.5, 0.6) is 0 Å². The molecule has 0 bridgehead atoms. The second-order valence-corrected chi connectivity index (χ2v) is 6.13. The SMILES string of the molecule is CN=C(NCCc1cccc(F)c1)NCC(=O)NC1CCCCC1. The number of nitrogens with one attached hydrogen (secondary N) is 3. The molecule has 1 fully saturated rings. The Labute approximate surface area is 143 Å². The van der Waals surface area contributed by atoms with Gasteiger partial charge in [0.15, 0.2) is 5.96 Å². The van der Waals surface area contributed by atoms with Gasteiger partial charge in [0, 0.05) is 19.6 Å². The average Bonchev–Trinajstić information content (AvgIpc) is 2.59. The van der Waals surface area contributed by atoms with Gasteiger partial charge in [-0.1, -0.05) is 31.4 Å². The van der Waals surface area contributed by atoms with Gasteiger partial charge in [0.05, 0.1) is 6.54 Å². The first-order valence-corrected chi connectivity index (χ1v) is 8.65. The van der Waals surface area contributed by atoms with Crippen LogP contribution in [0, 0.1) is 5.82 Å². The van der Waals surface area contributed by atoms with Crippen LogP contribution >= 0.6 is 0 Å². The number of guanidine groups is 1. The average molecular weight is 334 g/mol. The maximum Gasteiger partial charge on any atom is 0.239 e. The number of amides is 1. The molecule has 0 atom stereocenters. The number of carbonyl (C=O) groups is 1. The normalized spacial score (nSPS) is 15.8. The molecule has 1 aromatic carbocycles. The fourth-order valence-electron chi connectivity index (χ4n) is 2.93. The molecule has 6 heteroatoms. The van der Waals surface area contributed by atoms with Crippen molar-refractivity contribution in [1.82, 2.24) is 16.0 Å². The van der Waals surface area contributed by atoms with Crippen LogP contribution in [0.2, 0.25) is 0 Å². The number of nitrogens with zero attached hydrogens (tertiary/aromatic N) is 1. The van der Waals surface area contributed by atoms with E-state index in [9.17, 15) is 9.18 Å². The predicted molar refractivity (Wildman–Crippen MR) is 94.5 cm³/mol. The summed E-state index contributed by atoms with van der Waals surface area (Å²) in [6.07, 6.45) is 6.50. The van der Waals surface area contributed by atoms with Crippen molar-refractivity contribution in [2.24, 2.45) is 4.99 Å². The van der Waals surface area contributed by atoms with Gasteiger partial charge in [-0.25, -0.2) is 4.39 Å². The number of hydrogen-bond acceptors (Lipinski definition) is 2. The molecule has 0 radical (unpaired) electrons. The van der Waals surface area contributed by atoms with Crippen molar-refractivity contribution < 1.29 is 9.18 Å². The standard InChI is InChI=1S/C18H27FN4O/c1-20-18(21-11-10-14-6-5-7-15(19)12-14)22-13-17(24)23-16-8-3-2-4-9-16/h5-7,12,16H,2-4,8-11,13H2,1H3,(H,23,24)(H2,20,21,22). The maximum absolute atomic E-state index is 13.1. The third kappa shape index (κ3) is 6.56. The lowest BCUT2D eigenvalue weighted by Gasteiger charge is -2.23. The molecule has 0 aliphatic heterocycles. The quantitative estimate of drug-likeness (QED) is 0.550. The second-order valence-electron chi connectivity index (χ2n) is 6.13. The van der Waals surface area contributed by atoms with Crippen LogP contribution in [-0.2, 0) is 11.2 Å². The first-order chi connectivity index (χ1) is 11.7. The van der Waals surface area contributed by atoms with Crippen LogP contribution in [0.4, 0.5) is 4.39 Å². The fourth-order valence-corrected chi connectivity index (χ4v) is 2.93. The molecule has 5 nitrogen and oxygen atoms in total. The van der Waals surface area contributed by atoms with E-state index in [-0.39, 0.29) is 18.3 Å². The molecule has 24 heavy (non-hydrogen) atoms. The van der Waals surface area contributed by atoms with Crippen molar-refractivity contribution in [2.45, 2.75) is 44.6 Å². The fraction of sp³-hybridized carbons (Fsp3) is 0.556. The lowest BCUT2D eigenvalue weighted by molar-refractivity contribution is -0.120. The highest BCUT2D eigenvalue weighted by atomic mass is 19.1. The van der Waals surface area contributed by atoms with Crippen LogP contribution < -0.4 is 16.0 Å². The van der Waals surface area contributed by atoms with E-state index in [2.05, 4.69) is 20.9 Å². The summed E-state index contributed by atoms with van der Waals surface area (Å²) in [4.78, 5) is 16.1. The molecule has 1 aliphatic carbocycles. The van der Waals surface area contributed by atoms with Gasteiger partial charge in [-0.3, -0.25) is 9.79 Å². The maximum atomic E-state index is 13.1. The molecule has 3 N–H and O–H groups in total. The summed E-state index contributed by atoms with van der Waals surface area (Å²) in [5, 5.41) is 9.20. The van der Waals surface area contributed by atoms with E-state index in [0.717, 1.165) is 18.4 Å². The van der Waals surface area contributed by atoms with Crippen LogP contribution in [-0.4, -0.2) is 38.0 Å². The largest absolute Gasteiger partial charge is 0.356 e. The number of carbonyl (C=O) groups excluding carboxylic acids is 1. The summed E-state index contributed by atoms with van der Waals surface area (Å²) >= 11 is 0. The van der Waals surface area contributed by atoms with Crippen molar-refractivity contribution in [3.63, 3.8) is 0 Å². The van der Waals surface area contributed by atoms with Gasteiger partial charge in [0.1, 0.15) is 5.82 Å². The number of benzene rings is 1. The van der Waals surface area contributed by atoms with E-state index in [4.69, 9.17) is 0 Å². The molecular formula is C18H27FN4O. The van der Waals surface area contributed by atoms with E-state index in [1.165, 1.54) is 31.4 Å². The van der Waals surface area contributed by atoms with Crippen LogP contribution in [0.3, 0.4) is 0 Å². The highest BCUT2D eigenvalue weighted by Gasteiger charge is 2.15. The van der Waals surface area contributed by atoms with Gasteiger partial charge in [-0.2, -0.15) is 0 Å². The van der Waals surface area contributed by atoms with E-state index >= 15 is 0 Å². The number of rotatable bonds is 6. The Hall–Kier alpha value is -2.11. The molecule has 0 saturated heterocycles. The van der Waals surface area contributed by atoms with E-state index in [1.807, 2.05) is 6.07 Å². The lowest BCUT2D eigenvalue weighted by Crippen LogP contribution is -2.46. The van der Waals surface area contributed by atoms with Crippen LogP contribution in [0.25, 0.3) is 0 Å². The van der Waals surface area contributed by atoms with Gasteiger partial charge in [-0.05, 0) is 37.0 Å². The molecule has 1 amide bonds. The predicted octanol–water partition coefficient (Wildman–Crippen LogP) is 1.98. The molecular weight excluding hydrogens is 307 g/mol. The summed E-state index contributed by atoms with van der Waals surface area (Å²) in [6.45, 7) is 0.823. The molecule has 0 heterocycles. The Kier molecular flexibility index (Phi) is 7.52. The summed E-state index contributed by atoms with van der Waals surface area (Å²) in [5.41, 5.74) is 0.924. The Morgan fingerprint density at radius 2 is 2.04 bits per heavy atom. The Balaban J connectivity index is 1.65. The highest BCUT2D eigenvalue weighted by molar-refractivity contribution is 5.86. The summed E-state index contributed by atoms with van der Waals surface area (Å²) in [6, 6.07) is 6.86. The lowest BCUT2D eigenvalue weighted by atomic mass is 9.95. The minimum absolute atomic E-state index is 0.00465. The third-order valence-electron chi connectivity index (χ3n) is 4.21. The zero-order valence-electron chi connectivity index (χ0n) is 14.3. The molecule has 0 spiro atoms. The molecule has 1 aliphatic rings. The zero-order valence-corrected chi connectivity index (χ0v) is 14.3. The molecule has 0 unspecified atom stereocenters. The van der Waals surface area contributed by atoms with Crippen molar-refractivity contribution in [2.75, 3.05) is 20.1 Å². The van der Waals surface area contributed by atoms with Crippen molar-refractivity contribution in [1.29, 1.82) is 0 Å². The van der Waals surface area contributed by atoms with Gasteiger partial charge < -0.3 is 16.0 Å². The summed E-state index contributed by atoms with van der Waals surface area (Å²) in [7, 11) is 1.66. The number of halogens is 1. The molecule has 132 valence electrons. The Morgan fingerprint density at radius 3 is 2.75 bits per heavy atom. The first-order valence-electron chi connectivity index (χ1n) is 8.65. The van der Waals surface area contributed by atoms with Crippen molar-refractivity contribution in [3.05, 3.63) is 35.6 Å². The van der Waals surface area contributed by atoms with Crippen molar-refractivity contribution in [3.8, 4) is 0 Å². The van der Waals surface area contributed by atoms with Crippen LogP contribution in [0.15, 0.2) is 29.3 Å². The molecule has 0 aromatic heterocycles. The molecule has 1 aromatic rings. The highest BCUT2D eigenvalue weighted by Crippen LogP contribution is 2.17. The van der Waals surface area contributed by atoms with E-state index in [1.54, 1.807) is 13.1 Å². The number of aliphatic imine (C=N–C) groups is 1. The van der Waals surface area contributed by atoms with E-state index in [0.29, 0.717) is 25.0 Å².